The first-order valence-electron chi connectivity index (χ1n) is 10.2. The molecule has 1 aromatic carbocycles. The van der Waals surface area contributed by atoms with E-state index in [1.54, 1.807) is 18.3 Å². The minimum absolute atomic E-state index is 0.172. The van der Waals surface area contributed by atoms with Crippen molar-refractivity contribution in [2.24, 2.45) is 0 Å². The number of nitrogens with zero attached hydrogens (tertiary/aromatic N) is 4. The van der Waals surface area contributed by atoms with Crippen LogP contribution < -0.4 is 10.1 Å². The minimum Gasteiger partial charge on any atom is -0.483 e. The van der Waals surface area contributed by atoms with Gasteiger partial charge in [-0.15, -0.1) is 16.8 Å². The van der Waals surface area contributed by atoms with Crippen LogP contribution in [0.5, 0.6) is 5.75 Å². The van der Waals surface area contributed by atoms with E-state index in [1.807, 2.05) is 29.7 Å². The monoisotopic (exact) mass is 515 g/mol. The highest BCUT2D eigenvalue weighted by molar-refractivity contribution is 9.10. The molecular weight excluding hydrogens is 490 g/mol. The number of amides is 1. The van der Waals surface area contributed by atoms with Crippen molar-refractivity contribution in [2.75, 3.05) is 11.1 Å². The average molecular weight is 516 g/mol. The van der Waals surface area contributed by atoms with E-state index in [2.05, 4.69) is 69.0 Å². The average Bonchev–Trinajstić information content (AvgIpc) is 3.17. The van der Waals surface area contributed by atoms with E-state index in [4.69, 9.17) is 4.74 Å². The van der Waals surface area contributed by atoms with Gasteiger partial charge in [0.25, 0.3) is 0 Å². The summed E-state index contributed by atoms with van der Waals surface area (Å²) in [5.41, 5.74) is 1.26. The summed E-state index contributed by atoms with van der Waals surface area (Å²) in [6.45, 7) is 10.6. The first-order valence-corrected chi connectivity index (χ1v) is 12.0. The Morgan fingerprint density at radius 3 is 2.59 bits per heavy atom. The van der Waals surface area contributed by atoms with E-state index in [0.717, 1.165) is 10.2 Å². The lowest BCUT2D eigenvalue weighted by atomic mass is 10.0. The van der Waals surface area contributed by atoms with Crippen LogP contribution in [0.2, 0.25) is 0 Å². The highest BCUT2D eigenvalue weighted by atomic mass is 79.9. The van der Waals surface area contributed by atoms with E-state index in [9.17, 15) is 4.79 Å². The van der Waals surface area contributed by atoms with Gasteiger partial charge in [-0.1, -0.05) is 43.8 Å². The molecule has 3 aromatic rings. The Hall–Kier alpha value is -2.65. The van der Waals surface area contributed by atoms with E-state index in [0.29, 0.717) is 29.3 Å². The third-order valence-corrected chi connectivity index (χ3v) is 6.04. The number of hydrogen-bond donors (Lipinski definition) is 1. The quantitative estimate of drug-likeness (QED) is 0.279. The summed E-state index contributed by atoms with van der Waals surface area (Å²) >= 11 is 4.63. The Bertz CT molecular complexity index is 1050. The molecule has 1 unspecified atom stereocenters. The number of thioether (sulfide) groups is 1. The molecular formula is C23H26BrN5O2S. The van der Waals surface area contributed by atoms with Crippen molar-refractivity contribution >= 4 is 39.4 Å². The van der Waals surface area contributed by atoms with Crippen LogP contribution in [0, 0.1) is 0 Å². The third-order valence-electron chi connectivity index (χ3n) is 4.61. The molecule has 0 aliphatic carbocycles. The van der Waals surface area contributed by atoms with Gasteiger partial charge < -0.3 is 10.1 Å². The lowest BCUT2D eigenvalue weighted by Gasteiger charge is -2.16. The molecule has 1 N–H and O–H groups in total. The van der Waals surface area contributed by atoms with Gasteiger partial charge in [0.05, 0.1) is 5.75 Å². The fraction of sp³-hybridized carbons (Fsp3) is 0.304. The van der Waals surface area contributed by atoms with Crippen molar-refractivity contribution in [1.29, 1.82) is 0 Å². The summed E-state index contributed by atoms with van der Waals surface area (Å²) < 4.78 is 8.85. The number of ether oxygens (including phenoxy) is 1. The first-order chi connectivity index (χ1) is 15.4. The van der Waals surface area contributed by atoms with Gasteiger partial charge in [-0.25, -0.2) is 4.98 Å². The summed E-state index contributed by atoms with van der Waals surface area (Å²) in [6.07, 6.45) is 3.09. The van der Waals surface area contributed by atoms with Crippen LogP contribution in [0.4, 0.5) is 5.82 Å². The zero-order chi connectivity index (χ0) is 23.1. The molecule has 0 aliphatic rings. The van der Waals surface area contributed by atoms with Gasteiger partial charge in [0.1, 0.15) is 11.6 Å². The molecule has 2 aromatic heterocycles. The van der Waals surface area contributed by atoms with Crippen LogP contribution in [0.15, 0.2) is 64.9 Å². The van der Waals surface area contributed by atoms with Crippen molar-refractivity contribution in [3.05, 3.63) is 71.1 Å². The van der Waals surface area contributed by atoms with Gasteiger partial charge in [-0.05, 0) is 58.6 Å². The summed E-state index contributed by atoms with van der Waals surface area (Å²) in [4.78, 5) is 16.5. The summed E-state index contributed by atoms with van der Waals surface area (Å²) in [7, 11) is 0. The number of pyridine rings is 1. The second-order valence-electron chi connectivity index (χ2n) is 7.42. The summed E-state index contributed by atoms with van der Waals surface area (Å²) in [5.74, 6) is 2.42. The van der Waals surface area contributed by atoms with Gasteiger partial charge >= 0.3 is 0 Å². The second kappa shape index (κ2) is 11.3. The largest absolute Gasteiger partial charge is 0.483 e. The number of carbonyl (C=O) groups is 1. The molecule has 0 bridgehead atoms. The van der Waals surface area contributed by atoms with Crippen LogP contribution in [0.25, 0.3) is 0 Å². The van der Waals surface area contributed by atoms with Gasteiger partial charge in [0.2, 0.25) is 5.91 Å². The maximum Gasteiger partial charge on any atom is 0.236 e. The normalized spacial score (nSPS) is 11.9. The molecule has 32 heavy (non-hydrogen) atoms. The Kier molecular flexibility index (Phi) is 8.46. The maximum absolute atomic E-state index is 12.3. The van der Waals surface area contributed by atoms with Gasteiger partial charge in [0, 0.05) is 17.2 Å². The standard InChI is InChI=1S/C23H26BrN5O2S/c1-5-12-29-22(16(4)31-19-9-6-17(7-10-19)15(2)3)27-28-23(29)32-14-21(30)26-20-11-8-18(24)13-25-20/h5-11,13,15-16H,1,12,14H2,2-4H3,(H,25,26,30). The lowest BCUT2D eigenvalue weighted by Crippen LogP contribution is -2.16. The number of allylic oxidation sites excluding steroid dienone is 1. The summed E-state index contributed by atoms with van der Waals surface area (Å²) in [5, 5.41) is 12.0. The highest BCUT2D eigenvalue weighted by Crippen LogP contribution is 2.26. The topological polar surface area (TPSA) is 81.9 Å². The number of hydrogen-bond acceptors (Lipinski definition) is 6. The van der Waals surface area contributed by atoms with E-state index >= 15 is 0 Å². The zero-order valence-electron chi connectivity index (χ0n) is 18.3. The molecule has 3 rings (SSSR count). The number of carbonyl (C=O) groups excluding carboxylic acids is 1. The molecule has 2 heterocycles. The number of nitrogens with one attached hydrogen (secondary N) is 1. The highest BCUT2D eigenvalue weighted by Gasteiger charge is 2.20. The molecule has 0 saturated heterocycles. The van der Waals surface area contributed by atoms with Gasteiger partial charge in [-0.2, -0.15) is 0 Å². The van der Waals surface area contributed by atoms with Crippen molar-refractivity contribution in [3.63, 3.8) is 0 Å². The number of benzene rings is 1. The molecule has 7 nitrogen and oxygen atoms in total. The van der Waals surface area contributed by atoms with E-state index in [-0.39, 0.29) is 17.8 Å². The zero-order valence-corrected chi connectivity index (χ0v) is 20.7. The first kappa shape index (κ1) is 24.0. The fourth-order valence-corrected chi connectivity index (χ4v) is 3.94. The Labute approximate surface area is 200 Å². The minimum atomic E-state index is -0.317. The molecule has 168 valence electrons. The fourth-order valence-electron chi connectivity index (χ4n) is 2.96. The number of aromatic nitrogens is 4. The number of anilines is 1. The van der Waals surface area contributed by atoms with E-state index in [1.165, 1.54) is 17.3 Å². The molecule has 0 aliphatic heterocycles. The van der Waals surface area contributed by atoms with Gasteiger partial charge in [0.15, 0.2) is 17.1 Å². The molecule has 0 radical (unpaired) electrons. The van der Waals surface area contributed by atoms with Crippen molar-refractivity contribution in [1.82, 2.24) is 19.7 Å². The molecule has 9 heteroatoms. The molecule has 1 atom stereocenters. The molecule has 1 amide bonds. The number of rotatable bonds is 10. The van der Waals surface area contributed by atoms with Crippen LogP contribution in [0.1, 0.15) is 44.2 Å². The van der Waals surface area contributed by atoms with E-state index < -0.39 is 0 Å². The van der Waals surface area contributed by atoms with Crippen LogP contribution in [-0.4, -0.2) is 31.4 Å². The second-order valence-corrected chi connectivity index (χ2v) is 9.28. The van der Waals surface area contributed by atoms with Crippen molar-refractivity contribution in [2.45, 2.75) is 44.5 Å². The Morgan fingerprint density at radius 1 is 1.22 bits per heavy atom. The molecule has 0 saturated carbocycles. The van der Waals surface area contributed by atoms with Crippen LogP contribution in [0.3, 0.4) is 0 Å². The van der Waals surface area contributed by atoms with Crippen LogP contribution >= 0.6 is 27.7 Å². The van der Waals surface area contributed by atoms with Gasteiger partial charge in [-0.3, -0.25) is 9.36 Å². The smallest absolute Gasteiger partial charge is 0.236 e. The third kappa shape index (κ3) is 6.43. The SMILES string of the molecule is C=CCn1c(SCC(=O)Nc2ccc(Br)cn2)nnc1C(C)Oc1ccc(C(C)C)cc1. The molecule has 0 fully saturated rings. The molecule has 0 spiro atoms. The summed E-state index contributed by atoms with van der Waals surface area (Å²) in [6, 6.07) is 11.6. The Balaban J connectivity index is 1.65. The maximum atomic E-state index is 12.3. The predicted octanol–water partition coefficient (Wildman–Crippen LogP) is 5.62. The van der Waals surface area contributed by atoms with Crippen LogP contribution in [-0.2, 0) is 11.3 Å². The number of halogens is 1. The van der Waals surface area contributed by atoms with Crippen molar-refractivity contribution in [3.8, 4) is 5.75 Å². The van der Waals surface area contributed by atoms with Crippen molar-refractivity contribution < 1.29 is 9.53 Å². The Morgan fingerprint density at radius 2 is 1.97 bits per heavy atom. The predicted molar refractivity (Wildman–Crippen MR) is 131 cm³/mol. The lowest BCUT2D eigenvalue weighted by molar-refractivity contribution is -0.113.